The second kappa shape index (κ2) is 7.38. The Balaban J connectivity index is 1.89. The maximum absolute atomic E-state index is 14.6. The van der Waals surface area contributed by atoms with Gasteiger partial charge in [0.25, 0.3) is 5.91 Å². The van der Waals surface area contributed by atoms with E-state index in [2.05, 4.69) is 10.4 Å². The third-order valence-corrected chi connectivity index (χ3v) is 4.43. The number of furan rings is 1. The molecule has 0 aliphatic carbocycles. The molecule has 0 saturated heterocycles. The summed E-state index contributed by atoms with van der Waals surface area (Å²) in [7, 11) is 1.30. The fourth-order valence-corrected chi connectivity index (χ4v) is 3.03. The largest absolute Gasteiger partial charge is 0.468 e. The summed E-state index contributed by atoms with van der Waals surface area (Å²) in [6.45, 7) is 5.49. The van der Waals surface area contributed by atoms with Gasteiger partial charge in [0.15, 0.2) is 5.69 Å². The second-order valence-electron chi connectivity index (χ2n) is 7.00. The van der Waals surface area contributed by atoms with E-state index in [1.54, 1.807) is 6.92 Å². The summed E-state index contributed by atoms with van der Waals surface area (Å²) in [5.41, 5.74) is 0.00771. The summed E-state index contributed by atoms with van der Waals surface area (Å²) < 4.78 is 59.5. The number of aryl methyl sites for hydroxylation is 2. The summed E-state index contributed by atoms with van der Waals surface area (Å²) in [5, 5.41) is 5.99. The van der Waals surface area contributed by atoms with Crippen molar-refractivity contribution in [2.75, 3.05) is 5.32 Å². The van der Waals surface area contributed by atoms with Crippen molar-refractivity contribution in [2.45, 2.75) is 32.9 Å². The number of hydrogen-bond acceptors (Lipinski definition) is 3. The van der Waals surface area contributed by atoms with Gasteiger partial charge in [-0.25, -0.2) is 4.39 Å². The first-order valence-corrected chi connectivity index (χ1v) is 8.79. The number of halogens is 4. The zero-order valence-electron chi connectivity index (χ0n) is 16.2. The molecule has 29 heavy (non-hydrogen) atoms. The van der Waals surface area contributed by atoms with Crippen molar-refractivity contribution in [1.82, 2.24) is 9.78 Å². The van der Waals surface area contributed by atoms with Crippen LogP contribution in [0.15, 0.2) is 34.9 Å². The number of carbonyl (C=O) groups is 1. The molecule has 1 amide bonds. The Kier molecular flexibility index (Phi) is 5.25. The highest BCUT2D eigenvalue weighted by Gasteiger charge is 2.35. The molecule has 0 bridgehead atoms. The number of nitrogens with one attached hydrogen (secondary N) is 1. The zero-order valence-corrected chi connectivity index (χ0v) is 16.2. The highest BCUT2D eigenvalue weighted by Crippen LogP contribution is 2.33. The first-order chi connectivity index (χ1) is 13.5. The standard InChI is InChI=1S/C20H19F4N3O2/c1-10(2)18-17(11(3)9-29-18)19(28)25-12-5-6-13(14(21)7-12)15-8-16(20(22,23)24)26-27(15)4/h5-10H,1-4H3,(H,25,28). The Bertz CT molecular complexity index is 1060. The molecule has 154 valence electrons. The quantitative estimate of drug-likeness (QED) is 0.577. The molecule has 5 nitrogen and oxygen atoms in total. The lowest BCUT2D eigenvalue weighted by atomic mass is 10.0. The normalized spacial score (nSPS) is 11.9. The molecule has 0 aliphatic heterocycles. The Morgan fingerprint density at radius 1 is 1.24 bits per heavy atom. The Morgan fingerprint density at radius 3 is 2.48 bits per heavy atom. The van der Waals surface area contributed by atoms with Crippen LogP contribution in [-0.2, 0) is 13.2 Å². The third-order valence-electron chi connectivity index (χ3n) is 4.43. The summed E-state index contributed by atoms with van der Waals surface area (Å²) >= 11 is 0. The van der Waals surface area contributed by atoms with Gasteiger partial charge in [-0.2, -0.15) is 18.3 Å². The molecular formula is C20H19F4N3O2. The molecule has 1 N–H and O–H groups in total. The molecule has 0 atom stereocenters. The maximum atomic E-state index is 14.6. The number of amides is 1. The van der Waals surface area contributed by atoms with Gasteiger partial charge in [0.1, 0.15) is 11.6 Å². The molecule has 9 heteroatoms. The van der Waals surface area contributed by atoms with Crippen LogP contribution < -0.4 is 5.32 Å². The van der Waals surface area contributed by atoms with E-state index in [-0.39, 0.29) is 22.9 Å². The summed E-state index contributed by atoms with van der Waals surface area (Å²) in [6, 6.07) is 4.55. The average Bonchev–Trinajstić information content (AvgIpc) is 3.18. The Labute approximate surface area is 164 Å². The van der Waals surface area contributed by atoms with Crippen LogP contribution in [0.2, 0.25) is 0 Å². The van der Waals surface area contributed by atoms with Crippen LogP contribution >= 0.6 is 0 Å². The van der Waals surface area contributed by atoms with Crippen LogP contribution in [0, 0.1) is 12.7 Å². The Morgan fingerprint density at radius 2 is 1.93 bits per heavy atom. The van der Waals surface area contributed by atoms with Crippen LogP contribution in [-0.4, -0.2) is 15.7 Å². The molecule has 3 aromatic rings. The SMILES string of the molecule is Cc1coc(C(C)C)c1C(=O)Nc1ccc(-c2cc(C(F)(F)F)nn2C)c(F)c1. The van der Waals surface area contributed by atoms with Crippen molar-refractivity contribution in [3.05, 3.63) is 58.9 Å². The highest BCUT2D eigenvalue weighted by atomic mass is 19.4. The number of carbonyl (C=O) groups excluding carboxylic acids is 1. The lowest BCUT2D eigenvalue weighted by Crippen LogP contribution is -2.15. The first-order valence-electron chi connectivity index (χ1n) is 8.79. The van der Waals surface area contributed by atoms with E-state index < -0.39 is 23.6 Å². The third kappa shape index (κ3) is 4.03. The Hall–Kier alpha value is -3.10. The van der Waals surface area contributed by atoms with E-state index in [1.165, 1.54) is 25.4 Å². The van der Waals surface area contributed by atoms with Crippen LogP contribution in [0.5, 0.6) is 0 Å². The number of hydrogen-bond donors (Lipinski definition) is 1. The smallest absolute Gasteiger partial charge is 0.435 e. The average molecular weight is 409 g/mol. The first kappa shape index (κ1) is 20.6. The van der Waals surface area contributed by atoms with E-state index in [0.717, 1.165) is 16.8 Å². The fraction of sp³-hybridized carbons (Fsp3) is 0.300. The number of rotatable bonds is 4. The van der Waals surface area contributed by atoms with Gasteiger partial charge in [0.05, 0.1) is 17.5 Å². The molecule has 0 spiro atoms. The number of nitrogens with zero attached hydrogens (tertiary/aromatic N) is 2. The lowest BCUT2D eigenvalue weighted by molar-refractivity contribution is -0.141. The summed E-state index contributed by atoms with van der Waals surface area (Å²) in [6.07, 6.45) is -3.15. The number of benzene rings is 1. The molecule has 0 fully saturated rings. The van der Waals surface area contributed by atoms with E-state index in [4.69, 9.17) is 4.42 Å². The van der Waals surface area contributed by atoms with Crippen molar-refractivity contribution in [2.24, 2.45) is 7.05 Å². The van der Waals surface area contributed by atoms with Gasteiger partial charge in [-0.1, -0.05) is 13.8 Å². The molecule has 0 unspecified atom stereocenters. The molecule has 3 rings (SSSR count). The van der Waals surface area contributed by atoms with E-state index in [1.807, 2.05) is 13.8 Å². The van der Waals surface area contributed by atoms with Gasteiger partial charge in [0.2, 0.25) is 0 Å². The van der Waals surface area contributed by atoms with Crippen molar-refractivity contribution in [3.63, 3.8) is 0 Å². The predicted octanol–water partition coefficient (Wildman–Crippen LogP) is 5.52. The molecule has 0 aliphatic rings. The zero-order chi connectivity index (χ0) is 21.5. The van der Waals surface area contributed by atoms with Crippen molar-refractivity contribution < 1.29 is 26.8 Å². The van der Waals surface area contributed by atoms with Crippen LogP contribution in [0.3, 0.4) is 0 Å². The molecule has 2 aromatic heterocycles. The molecule has 2 heterocycles. The van der Waals surface area contributed by atoms with Gasteiger partial charge in [-0.15, -0.1) is 0 Å². The summed E-state index contributed by atoms with van der Waals surface area (Å²) in [4.78, 5) is 12.6. The summed E-state index contributed by atoms with van der Waals surface area (Å²) in [5.74, 6) is -0.734. The lowest BCUT2D eigenvalue weighted by Gasteiger charge is -2.10. The molecular weight excluding hydrogens is 390 g/mol. The second-order valence-corrected chi connectivity index (χ2v) is 7.00. The minimum absolute atomic E-state index is 0.0174. The van der Waals surface area contributed by atoms with Gasteiger partial charge in [0, 0.05) is 29.8 Å². The van der Waals surface area contributed by atoms with Crippen LogP contribution in [0.4, 0.5) is 23.2 Å². The predicted molar refractivity (Wildman–Crippen MR) is 99.1 cm³/mol. The van der Waals surface area contributed by atoms with E-state index in [0.29, 0.717) is 16.9 Å². The van der Waals surface area contributed by atoms with E-state index in [9.17, 15) is 22.4 Å². The monoisotopic (exact) mass is 409 g/mol. The maximum Gasteiger partial charge on any atom is 0.435 e. The van der Waals surface area contributed by atoms with Gasteiger partial charge in [-0.3, -0.25) is 9.48 Å². The van der Waals surface area contributed by atoms with Gasteiger partial charge in [-0.05, 0) is 31.2 Å². The number of anilines is 1. The van der Waals surface area contributed by atoms with E-state index >= 15 is 0 Å². The number of aromatic nitrogens is 2. The molecule has 1 aromatic carbocycles. The van der Waals surface area contributed by atoms with Gasteiger partial charge < -0.3 is 9.73 Å². The van der Waals surface area contributed by atoms with Crippen LogP contribution in [0.25, 0.3) is 11.3 Å². The van der Waals surface area contributed by atoms with Gasteiger partial charge >= 0.3 is 6.18 Å². The molecule has 0 radical (unpaired) electrons. The van der Waals surface area contributed by atoms with Crippen LogP contribution in [0.1, 0.15) is 47.1 Å². The fourth-order valence-electron chi connectivity index (χ4n) is 3.03. The minimum Gasteiger partial charge on any atom is -0.468 e. The minimum atomic E-state index is -4.63. The molecule has 0 saturated carbocycles. The topological polar surface area (TPSA) is 60.1 Å². The van der Waals surface area contributed by atoms with Crippen molar-refractivity contribution in [3.8, 4) is 11.3 Å². The number of alkyl halides is 3. The highest BCUT2D eigenvalue weighted by molar-refractivity contribution is 6.06. The van der Waals surface area contributed by atoms with Crippen molar-refractivity contribution in [1.29, 1.82) is 0 Å². The van der Waals surface area contributed by atoms with Crippen molar-refractivity contribution >= 4 is 11.6 Å².